The van der Waals surface area contributed by atoms with Crippen LogP contribution in [0.25, 0.3) is 0 Å². The minimum atomic E-state index is -0.154. The van der Waals surface area contributed by atoms with Crippen molar-refractivity contribution in [3.05, 3.63) is 60.2 Å². The van der Waals surface area contributed by atoms with Crippen LogP contribution in [0.3, 0.4) is 0 Å². The van der Waals surface area contributed by atoms with Gasteiger partial charge in [0.1, 0.15) is 5.75 Å². The van der Waals surface area contributed by atoms with E-state index in [1.165, 1.54) is 5.56 Å². The summed E-state index contributed by atoms with van der Waals surface area (Å²) in [7, 11) is 0. The zero-order valence-electron chi connectivity index (χ0n) is 16.2. The largest absolute Gasteiger partial charge is 0.484 e. The van der Waals surface area contributed by atoms with Gasteiger partial charge in [0.15, 0.2) is 6.61 Å². The fourth-order valence-corrected chi connectivity index (χ4v) is 3.43. The van der Waals surface area contributed by atoms with Crippen LogP contribution in [0.5, 0.6) is 5.75 Å². The molecular formula is C22H27N3O3. The van der Waals surface area contributed by atoms with Crippen LogP contribution in [0.15, 0.2) is 54.6 Å². The molecule has 28 heavy (non-hydrogen) atoms. The number of likely N-dealkylation sites (tertiary alicyclic amines) is 1. The standard InChI is InChI=1S/C22H27N3O3/c1-2-23-21(26)16-28-20-12-10-18(11-13-20)24-22(27)25-14-6-9-19(25)15-17-7-4-3-5-8-17/h3-5,7-8,10-13,19H,2,6,9,14-16H2,1H3,(H,23,26)(H,24,27)/t19-/m1/s1. The molecule has 0 unspecified atom stereocenters. The zero-order chi connectivity index (χ0) is 19.8. The Bertz CT molecular complexity index is 777. The molecule has 1 aliphatic rings. The molecule has 148 valence electrons. The van der Waals surface area contributed by atoms with Gasteiger partial charge in [-0.1, -0.05) is 30.3 Å². The number of amides is 3. The highest BCUT2D eigenvalue weighted by Crippen LogP contribution is 2.23. The highest BCUT2D eigenvalue weighted by atomic mass is 16.5. The lowest BCUT2D eigenvalue weighted by Gasteiger charge is -2.25. The maximum absolute atomic E-state index is 12.7. The highest BCUT2D eigenvalue weighted by molar-refractivity contribution is 5.89. The van der Waals surface area contributed by atoms with Crippen LogP contribution in [0.2, 0.25) is 0 Å². The van der Waals surface area contributed by atoms with Crippen LogP contribution in [0.4, 0.5) is 10.5 Å². The van der Waals surface area contributed by atoms with Gasteiger partial charge in [0, 0.05) is 24.8 Å². The molecule has 0 aliphatic carbocycles. The highest BCUT2D eigenvalue weighted by Gasteiger charge is 2.28. The molecule has 1 atom stereocenters. The molecule has 1 aliphatic heterocycles. The molecule has 1 heterocycles. The third-order valence-corrected chi connectivity index (χ3v) is 4.80. The molecule has 2 aromatic carbocycles. The van der Waals surface area contributed by atoms with Crippen LogP contribution >= 0.6 is 0 Å². The Morgan fingerprint density at radius 2 is 1.86 bits per heavy atom. The van der Waals surface area contributed by atoms with E-state index >= 15 is 0 Å². The van der Waals surface area contributed by atoms with E-state index in [1.54, 1.807) is 24.3 Å². The molecule has 3 amide bonds. The van der Waals surface area contributed by atoms with E-state index in [1.807, 2.05) is 30.0 Å². The van der Waals surface area contributed by atoms with Gasteiger partial charge in [-0.15, -0.1) is 0 Å². The normalized spacial score (nSPS) is 15.9. The summed E-state index contributed by atoms with van der Waals surface area (Å²) in [5, 5.41) is 5.64. The number of carbonyl (C=O) groups is 2. The molecule has 1 fully saturated rings. The monoisotopic (exact) mass is 381 g/mol. The number of carbonyl (C=O) groups excluding carboxylic acids is 2. The second-order valence-corrected chi connectivity index (χ2v) is 6.88. The topological polar surface area (TPSA) is 70.7 Å². The third-order valence-electron chi connectivity index (χ3n) is 4.80. The number of nitrogens with zero attached hydrogens (tertiary/aromatic N) is 1. The van der Waals surface area contributed by atoms with Gasteiger partial charge >= 0.3 is 6.03 Å². The Labute approximate surface area is 165 Å². The van der Waals surface area contributed by atoms with Crippen molar-refractivity contribution >= 4 is 17.6 Å². The fourth-order valence-electron chi connectivity index (χ4n) is 3.43. The average Bonchev–Trinajstić information content (AvgIpc) is 3.17. The second-order valence-electron chi connectivity index (χ2n) is 6.88. The van der Waals surface area contributed by atoms with E-state index in [2.05, 4.69) is 22.8 Å². The van der Waals surface area contributed by atoms with Gasteiger partial charge in [-0.2, -0.15) is 0 Å². The predicted molar refractivity (Wildman–Crippen MR) is 110 cm³/mol. The van der Waals surface area contributed by atoms with Gasteiger partial charge < -0.3 is 20.3 Å². The minimum absolute atomic E-state index is 0.0194. The summed E-state index contributed by atoms with van der Waals surface area (Å²) < 4.78 is 5.43. The van der Waals surface area contributed by atoms with Crippen molar-refractivity contribution < 1.29 is 14.3 Å². The number of urea groups is 1. The summed E-state index contributed by atoms with van der Waals surface area (Å²) in [6.45, 7) is 3.20. The van der Waals surface area contributed by atoms with Crippen molar-refractivity contribution in [2.24, 2.45) is 0 Å². The lowest BCUT2D eigenvalue weighted by molar-refractivity contribution is -0.122. The summed E-state index contributed by atoms with van der Waals surface area (Å²) in [6.07, 6.45) is 2.92. The van der Waals surface area contributed by atoms with Crippen LogP contribution in [0.1, 0.15) is 25.3 Å². The maximum Gasteiger partial charge on any atom is 0.322 e. The van der Waals surface area contributed by atoms with E-state index in [0.717, 1.165) is 25.8 Å². The number of rotatable bonds is 7. The van der Waals surface area contributed by atoms with Crippen molar-refractivity contribution in [3.63, 3.8) is 0 Å². The maximum atomic E-state index is 12.7. The van der Waals surface area contributed by atoms with E-state index in [0.29, 0.717) is 18.0 Å². The SMILES string of the molecule is CCNC(=O)COc1ccc(NC(=O)N2CCC[C@@H]2Cc2ccccc2)cc1. The number of likely N-dealkylation sites (N-methyl/N-ethyl adjacent to an activating group) is 1. The molecule has 0 bridgehead atoms. The van der Waals surface area contributed by atoms with Gasteiger partial charge in [0.05, 0.1) is 0 Å². The Balaban J connectivity index is 1.52. The Hall–Kier alpha value is -3.02. The zero-order valence-corrected chi connectivity index (χ0v) is 16.2. The van der Waals surface area contributed by atoms with Crippen LogP contribution in [-0.4, -0.2) is 42.6 Å². The molecule has 0 spiro atoms. The molecule has 0 saturated carbocycles. The summed E-state index contributed by atoms with van der Waals surface area (Å²) in [4.78, 5) is 26.1. The van der Waals surface area contributed by atoms with Crippen molar-refractivity contribution in [1.29, 1.82) is 0 Å². The summed E-state index contributed by atoms with van der Waals surface area (Å²) >= 11 is 0. The molecule has 0 radical (unpaired) electrons. The summed E-state index contributed by atoms with van der Waals surface area (Å²) in [5.41, 5.74) is 1.96. The average molecular weight is 381 g/mol. The van der Waals surface area contributed by atoms with Gasteiger partial charge in [0.2, 0.25) is 0 Å². The van der Waals surface area contributed by atoms with Gasteiger partial charge in [-0.25, -0.2) is 4.79 Å². The smallest absolute Gasteiger partial charge is 0.322 e. The van der Waals surface area contributed by atoms with Crippen molar-refractivity contribution in [2.75, 3.05) is 25.0 Å². The molecule has 0 aromatic heterocycles. The first-order valence-electron chi connectivity index (χ1n) is 9.77. The quantitative estimate of drug-likeness (QED) is 0.772. The van der Waals surface area contributed by atoms with Crippen LogP contribution in [-0.2, 0) is 11.2 Å². The van der Waals surface area contributed by atoms with Crippen LogP contribution in [0, 0.1) is 0 Å². The Morgan fingerprint density at radius 3 is 2.57 bits per heavy atom. The number of hydrogen-bond donors (Lipinski definition) is 2. The lowest BCUT2D eigenvalue weighted by Crippen LogP contribution is -2.39. The third kappa shape index (κ3) is 5.49. The van der Waals surface area contributed by atoms with Crippen molar-refractivity contribution in [2.45, 2.75) is 32.2 Å². The van der Waals surface area contributed by atoms with Gasteiger partial charge in [-0.05, 0) is 56.0 Å². The van der Waals surface area contributed by atoms with Crippen molar-refractivity contribution in [3.8, 4) is 5.75 Å². The summed E-state index contributed by atoms with van der Waals surface area (Å²) in [5.74, 6) is 0.436. The second kappa shape index (κ2) is 9.78. The predicted octanol–water partition coefficient (Wildman–Crippen LogP) is 3.44. The molecule has 2 N–H and O–H groups in total. The number of ether oxygens (including phenoxy) is 1. The lowest BCUT2D eigenvalue weighted by atomic mass is 10.0. The minimum Gasteiger partial charge on any atom is -0.484 e. The fraction of sp³-hybridized carbons (Fsp3) is 0.364. The summed E-state index contributed by atoms with van der Waals surface area (Å²) in [6, 6.07) is 17.5. The Kier molecular flexibility index (Phi) is 6.89. The van der Waals surface area contributed by atoms with Crippen molar-refractivity contribution in [1.82, 2.24) is 10.2 Å². The Morgan fingerprint density at radius 1 is 1.11 bits per heavy atom. The first kappa shape index (κ1) is 19.7. The first-order chi connectivity index (χ1) is 13.7. The molecule has 6 nitrogen and oxygen atoms in total. The first-order valence-corrected chi connectivity index (χ1v) is 9.77. The van der Waals surface area contributed by atoms with Gasteiger partial charge in [-0.3, -0.25) is 4.79 Å². The van der Waals surface area contributed by atoms with Crippen LogP contribution < -0.4 is 15.4 Å². The molecular weight excluding hydrogens is 354 g/mol. The van der Waals surface area contributed by atoms with E-state index in [-0.39, 0.29) is 24.6 Å². The van der Waals surface area contributed by atoms with E-state index < -0.39 is 0 Å². The molecule has 2 aromatic rings. The van der Waals surface area contributed by atoms with E-state index in [9.17, 15) is 9.59 Å². The number of benzene rings is 2. The molecule has 6 heteroatoms. The molecule has 1 saturated heterocycles. The number of anilines is 1. The van der Waals surface area contributed by atoms with E-state index in [4.69, 9.17) is 4.74 Å². The van der Waals surface area contributed by atoms with Gasteiger partial charge in [0.25, 0.3) is 5.91 Å². The molecule has 3 rings (SSSR count). The number of nitrogens with one attached hydrogen (secondary N) is 2. The number of hydrogen-bond acceptors (Lipinski definition) is 3.